The molecule has 8 nitrogen and oxygen atoms in total. The Hall–Kier alpha value is -1.55. The number of sulfonamides is 1. The number of benzene rings is 1. The van der Waals surface area contributed by atoms with Crippen LogP contribution in [0.3, 0.4) is 0 Å². The minimum atomic E-state index is -3.69. The minimum Gasteiger partial charge on any atom is -0.385 e. The first-order valence-electron chi connectivity index (χ1n) is 7.41. The second-order valence-electron chi connectivity index (χ2n) is 5.35. The van der Waals surface area contributed by atoms with E-state index in [1.807, 2.05) is 0 Å². The smallest absolute Gasteiger partial charge is 0.270 e. The van der Waals surface area contributed by atoms with Crippen molar-refractivity contribution < 1.29 is 18.1 Å². The number of nitrogens with zero attached hydrogens (tertiary/aromatic N) is 3. The summed E-state index contributed by atoms with van der Waals surface area (Å²) < 4.78 is 31.6. The van der Waals surface area contributed by atoms with E-state index in [-0.39, 0.29) is 10.6 Å². The molecule has 0 unspecified atom stereocenters. The standard InChI is InChI=1S/C14H21N3O5S/c1-22-11-3-6-15-7-9-16(10-8-15)23(20,21)14-5-2-4-13(12-14)17(18)19/h2,4-5,12H,3,6-11H2,1H3. The number of hydrogen-bond donors (Lipinski definition) is 0. The fourth-order valence-corrected chi connectivity index (χ4v) is 3.99. The molecule has 1 aliphatic rings. The molecular weight excluding hydrogens is 322 g/mol. The van der Waals surface area contributed by atoms with Crippen molar-refractivity contribution in [1.29, 1.82) is 0 Å². The van der Waals surface area contributed by atoms with Gasteiger partial charge < -0.3 is 9.64 Å². The van der Waals surface area contributed by atoms with Crippen LogP contribution in [0.2, 0.25) is 0 Å². The maximum atomic E-state index is 12.6. The first-order valence-corrected chi connectivity index (χ1v) is 8.85. The number of rotatable bonds is 7. The lowest BCUT2D eigenvalue weighted by molar-refractivity contribution is -0.385. The number of nitro benzene ring substituents is 1. The van der Waals surface area contributed by atoms with E-state index >= 15 is 0 Å². The summed E-state index contributed by atoms with van der Waals surface area (Å²) in [4.78, 5) is 12.4. The van der Waals surface area contributed by atoms with E-state index < -0.39 is 14.9 Å². The van der Waals surface area contributed by atoms with E-state index in [1.165, 1.54) is 22.5 Å². The van der Waals surface area contributed by atoms with Crippen molar-refractivity contribution in [1.82, 2.24) is 9.21 Å². The molecule has 1 aliphatic heterocycles. The number of piperazine rings is 1. The van der Waals surface area contributed by atoms with Crippen molar-refractivity contribution in [2.45, 2.75) is 11.3 Å². The molecule has 1 aromatic rings. The number of methoxy groups -OCH3 is 1. The van der Waals surface area contributed by atoms with Crippen LogP contribution in [0, 0.1) is 10.1 Å². The third kappa shape index (κ3) is 4.47. The van der Waals surface area contributed by atoms with Crippen LogP contribution in [0.5, 0.6) is 0 Å². The van der Waals surface area contributed by atoms with Gasteiger partial charge in [0.15, 0.2) is 0 Å². The maximum absolute atomic E-state index is 12.6. The minimum absolute atomic E-state index is 0.0282. The molecule has 0 radical (unpaired) electrons. The predicted octanol–water partition coefficient (Wildman–Crippen LogP) is 0.938. The van der Waals surface area contributed by atoms with Gasteiger partial charge in [-0.25, -0.2) is 8.42 Å². The molecule has 2 rings (SSSR count). The highest BCUT2D eigenvalue weighted by Crippen LogP contribution is 2.22. The number of ether oxygens (including phenoxy) is 1. The molecule has 128 valence electrons. The topological polar surface area (TPSA) is 93.0 Å². The zero-order valence-corrected chi connectivity index (χ0v) is 13.9. The molecule has 0 saturated carbocycles. The fraction of sp³-hybridized carbons (Fsp3) is 0.571. The highest BCUT2D eigenvalue weighted by molar-refractivity contribution is 7.89. The van der Waals surface area contributed by atoms with Gasteiger partial charge in [0.1, 0.15) is 0 Å². The van der Waals surface area contributed by atoms with Crippen molar-refractivity contribution >= 4 is 15.7 Å². The highest BCUT2D eigenvalue weighted by Gasteiger charge is 2.29. The first-order chi connectivity index (χ1) is 10.9. The Bertz CT molecular complexity index is 642. The molecule has 1 aromatic carbocycles. The molecule has 1 heterocycles. The first kappa shape index (κ1) is 17.8. The third-order valence-electron chi connectivity index (χ3n) is 3.82. The van der Waals surface area contributed by atoms with Crippen LogP contribution in [0.1, 0.15) is 6.42 Å². The predicted molar refractivity (Wildman–Crippen MR) is 84.8 cm³/mol. The number of hydrogen-bond acceptors (Lipinski definition) is 6. The van der Waals surface area contributed by atoms with Gasteiger partial charge in [0.25, 0.3) is 5.69 Å². The quantitative estimate of drug-likeness (QED) is 0.415. The van der Waals surface area contributed by atoms with Gasteiger partial charge in [-0.15, -0.1) is 0 Å². The van der Waals surface area contributed by atoms with Gasteiger partial charge in [-0.1, -0.05) is 6.07 Å². The lowest BCUT2D eigenvalue weighted by Gasteiger charge is -2.33. The molecule has 0 aromatic heterocycles. The van der Waals surface area contributed by atoms with Gasteiger partial charge in [0.2, 0.25) is 10.0 Å². The van der Waals surface area contributed by atoms with Gasteiger partial charge >= 0.3 is 0 Å². The van der Waals surface area contributed by atoms with Crippen molar-refractivity contribution in [3.05, 3.63) is 34.4 Å². The summed E-state index contributed by atoms with van der Waals surface area (Å²) in [5, 5.41) is 10.8. The summed E-state index contributed by atoms with van der Waals surface area (Å²) in [5.41, 5.74) is -0.218. The molecule has 0 N–H and O–H groups in total. The monoisotopic (exact) mass is 343 g/mol. The number of non-ortho nitro benzene ring substituents is 1. The lowest BCUT2D eigenvalue weighted by atomic mass is 10.3. The molecule has 23 heavy (non-hydrogen) atoms. The Morgan fingerprint density at radius 1 is 1.26 bits per heavy atom. The maximum Gasteiger partial charge on any atom is 0.270 e. The molecule has 9 heteroatoms. The molecule has 1 saturated heterocycles. The molecular formula is C14H21N3O5S. The van der Waals surface area contributed by atoms with Crippen LogP contribution in [0.15, 0.2) is 29.2 Å². The van der Waals surface area contributed by atoms with Crippen LogP contribution in [0.25, 0.3) is 0 Å². The molecule has 0 aliphatic carbocycles. The second kappa shape index (κ2) is 7.82. The zero-order chi connectivity index (χ0) is 16.9. The summed E-state index contributed by atoms with van der Waals surface area (Å²) in [6.45, 7) is 3.64. The normalized spacial score (nSPS) is 17.3. The van der Waals surface area contributed by atoms with Crippen molar-refractivity contribution in [3.8, 4) is 0 Å². The van der Waals surface area contributed by atoms with E-state index in [9.17, 15) is 18.5 Å². The van der Waals surface area contributed by atoms with Crippen molar-refractivity contribution in [2.24, 2.45) is 0 Å². The van der Waals surface area contributed by atoms with Gasteiger partial charge in [0.05, 0.1) is 9.82 Å². The molecule has 0 atom stereocenters. The highest BCUT2D eigenvalue weighted by atomic mass is 32.2. The van der Waals surface area contributed by atoms with Crippen LogP contribution < -0.4 is 0 Å². The summed E-state index contributed by atoms with van der Waals surface area (Å²) >= 11 is 0. The van der Waals surface area contributed by atoms with Crippen LogP contribution >= 0.6 is 0 Å². The Morgan fingerprint density at radius 3 is 2.57 bits per heavy atom. The second-order valence-corrected chi connectivity index (χ2v) is 7.28. The summed E-state index contributed by atoms with van der Waals surface area (Å²) in [6.07, 6.45) is 0.911. The molecule has 0 amide bonds. The van der Waals surface area contributed by atoms with Crippen LogP contribution in [0.4, 0.5) is 5.69 Å². The SMILES string of the molecule is COCCCN1CCN(S(=O)(=O)c2cccc([N+](=O)[O-])c2)CC1. The molecule has 1 fully saturated rings. The Morgan fingerprint density at radius 2 is 1.96 bits per heavy atom. The van der Waals surface area contributed by atoms with Gasteiger partial charge in [-0.2, -0.15) is 4.31 Å². The van der Waals surface area contributed by atoms with Gasteiger partial charge in [-0.3, -0.25) is 10.1 Å². The largest absolute Gasteiger partial charge is 0.385 e. The fourth-order valence-electron chi connectivity index (χ4n) is 2.53. The molecule has 0 bridgehead atoms. The van der Waals surface area contributed by atoms with Crippen molar-refractivity contribution in [3.63, 3.8) is 0 Å². The lowest BCUT2D eigenvalue weighted by Crippen LogP contribution is -2.48. The van der Waals surface area contributed by atoms with E-state index in [1.54, 1.807) is 7.11 Å². The van der Waals surface area contributed by atoms with E-state index in [0.29, 0.717) is 32.8 Å². The van der Waals surface area contributed by atoms with E-state index in [2.05, 4.69) is 4.90 Å². The number of nitro groups is 1. The Balaban J connectivity index is 2.01. The average molecular weight is 343 g/mol. The van der Waals surface area contributed by atoms with Crippen LogP contribution in [-0.4, -0.2) is 69.0 Å². The van der Waals surface area contributed by atoms with Crippen LogP contribution in [-0.2, 0) is 14.8 Å². The van der Waals surface area contributed by atoms with E-state index in [4.69, 9.17) is 4.74 Å². The third-order valence-corrected chi connectivity index (χ3v) is 5.71. The average Bonchev–Trinajstić information content (AvgIpc) is 2.55. The summed E-state index contributed by atoms with van der Waals surface area (Å²) in [7, 11) is -2.03. The Labute approximate surface area is 135 Å². The zero-order valence-electron chi connectivity index (χ0n) is 13.1. The Kier molecular flexibility index (Phi) is 6.05. The molecule has 0 spiro atoms. The van der Waals surface area contributed by atoms with Crippen molar-refractivity contribution in [2.75, 3.05) is 46.4 Å². The summed E-state index contributed by atoms with van der Waals surface area (Å²) in [5.74, 6) is 0. The van der Waals surface area contributed by atoms with Gasteiger partial charge in [-0.05, 0) is 12.5 Å². The van der Waals surface area contributed by atoms with E-state index in [0.717, 1.165) is 19.0 Å². The summed E-state index contributed by atoms with van der Waals surface area (Å²) in [6, 6.07) is 5.19. The van der Waals surface area contributed by atoms with Gasteiger partial charge in [0, 0.05) is 58.6 Å².